The van der Waals surface area contributed by atoms with E-state index in [1.165, 1.54) is 50.9 Å². The normalized spacial score (nSPS) is 18.4. The van der Waals surface area contributed by atoms with Crippen LogP contribution in [0.15, 0.2) is 35.9 Å². The van der Waals surface area contributed by atoms with Crippen molar-refractivity contribution < 1.29 is 0 Å². The molecule has 0 spiro atoms. The van der Waals surface area contributed by atoms with Gasteiger partial charge in [-0.05, 0) is 36.8 Å². The third-order valence-corrected chi connectivity index (χ3v) is 4.33. The zero-order chi connectivity index (χ0) is 16.9. The van der Waals surface area contributed by atoms with Gasteiger partial charge in [-0.2, -0.15) is 0 Å². The number of nitrogens with zero attached hydrogens (tertiary/aromatic N) is 1. The lowest BCUT2D eigenvalue weighted by molar-refractivity contribution is 0.257. The summed E-state index contributed by atoms with van der Waals surface area (Å²) in [6.07, 6.45) is 5.30. The fourth-order valence-electron chi connectivity index (χ4n) is 3.27. The summed E-state index contributed by atoms with van der Waals surface area (Å²) in [5.41, 5.74) is 4.78. The van der Waals surface area contributed by atoms with Crippen molar-refractivity contribution >= 4 is 5.57 Å². The summed E-state index contributed by atoms with van der Waals surface area (Å²) in [7, 11) is 0. The van der Waals surface area contributed by atoms with Gasteiger partial charge in [0.15, 0.2) is 0 Å². The quantitative estimate of drug-likeness (QED) is 0.847. The van der Waals surface area contributed by atoms with Crippen LogP contribution in [0, 0.1) is 0 Å². The van der Waals surface area contributed by atoms with Crippen molar-refractivity contribution in [3.63, 3.8) is 0 Å². The second kappa shape index (κ2) is 12.3. The molecule has 1 heterocycles. The minimum Gasteiger partial charge on any atom is -0.314 e. The van der Waals surface area contributed by atoms with Gasteiger partial charge < -0.3 is 5.32 Å². The summed E-state index contributed by atoms with van der Waals surface area (Å²) in [6, 6.07) is 11.0. The highest BCUT2D eigenvalue weighted by Crippen LogP contribution is 2.32. The first-order chi connectivity index (χ1) is 11.4. The maximum atomic E-state index is 3.44. The van der Waals surface area contributed by atoms with Crippen molar-refractivity contribution in [1.82, 2.24) is 10.2 Å². The Hall–Kier alpha value is -1.12. The molecule has 2 aliphatic rings. The summed E-state index contributed by atoms with van der Waals surface area (Å²) in [4.78, 5) is 2.61. The highest BCUT2D eigenvalue weighted by Gasteiger charge is 2.18. The van der Waals surface area contributed by atoms with Gasteiger partial charge in [0.05, 0.1) is 0 Å². The molecule has 1 aliphatic carbocycles. The first kappa shape index (κ1) is 19.9. The molecule has 0 bridgehead atoms. The van der Waals surface area contributed by atoms with Gasteiger partial charge in [-0.15, -0.1) is 0 Å². The van der Waals surface area contributed by atoms with Crippen molar-refractivity contribution in [2.75, 3.05) is 32.7 Å². The van der Waals surface area contributed by atoms with Gasteiger partial charge in [0.2, 0.25) is 0 Å². The number of hydrogen-bond donors (Lipinski definition) is 1. The zero-order valence-corrected chi connectivity index (χ0v) is 15.7. The molecule has 23 heavy (non-hydrogen) atoms. The molecular weight excluding hydrogens is 280 g/mol. The van der Waals surface area contributed by atoms with Crippen LogP contribution in [0.2, 0.25) is 0 Å². The van der Waals surface area contributed by atoms with Crippen LogP contribution < -0.4 is 5.32 Å². The summed E-state index contributed by atoms with van der Waals surface area (Å²) in [6.45, 7) is 13.9. The third-order valence-electron chi connectivity index (χ3n) is 4.33. The predicted molar refractivity (Wildman–Crippen MR) is 104 cm³/mol. The summed E-state index contributed by atoms with van der Waals surface area (Å²) in [5.74, 6) is 0. The molecule has 0 amide bonds. The van der Waals surface area contributed by atoms with Crippen molar-refractivity contribution in [1.29, 1.82) is 0 Å². The molecule has 2 heteroatoms. The number of piperazine rings is 1. The molecule has 1 N–H and O–H groups in total. The highest BCUT2D eigenvalue weighted by atomic mass is 15.2. The lowest BCUT2D eigenvalue weighted by atomic mass is 9.87. The van der Waals surface area contributed by atoms with Gasteiger partial charge >= 0.3 is 0 Å². The number of rotatable bonds is 3. The van der Waals surface area contributed by atoms with E-state index in [9.17, 15) is 0 Å². The lowest BCUT2D eigenvalue weighted by Gasteiger charge is -2.31. The minimum absolute atomic E-state index is 1.15. The lowest BCUT2D eigenvalue weighted by Crippen LogP contribution is -2.44. The Morgan fingerprint density at radius 2 is 1.48 bits per heavy atom. The van der Waals surface area contributed by atoms with Gasteiger partial charge in [0, 0.05) is 32.7 Å². The van der Waals surface area contributed by atoms with Crippen LogP contribution in [0.1, 0.15) is 58.9 Å². The van der Waals surface area contributed by atoms with Gasteiger partial charge in [0.1, 0.15) is 0 Å². The number of hydrogen-bond acceptors (Lipinski definition) is 2. The molecule has 1 aliphatic heterocycles. The van der Waals surface area contributed by atoms with Crippen LogP contribution >= 0.6 is 0 Å². The van der Waals surface area contributed by atoms with Gasteiger partial charge in [-0.25, -0.2) is 0 Å². The molecule has 1 aromatic rings. The molecule has 1 saturated heterocycles. The van der Waals surface area contributed by atoms with Gasteiger partial charge in [-0.1, -0.05) is 63.6 Å². The maximum absolute atomic E-state index is 3.44. The minimum atomic E-state index is 1.15. The van der Waals surface area contributed by atoms with Gasteiger partial charge in [0.25, 0.3) is 0 Å². The molecule has 0 atom stereocenters. The SMILES string of the molecule is CC.CC.c1ccc(C2=C(CN3CCNCC3)CCCC2)cc1. The van der Waals surface area contributed by atoms with E-state index in [1.54, 1.807) is 11.1 Å². The molecule has 0 saturated carbocycles. The van der Waals surface area contributed by atoms with Crippen LogP contribution in [0.5, 0.6) is 0 Å². The van der Waals surface area contributed by atoms with Crippen molar-refractivity contribution in [3.05, 3.63) is 41.5 Å². The van der Waals surface area contributed by atoms with Crippen LogP contribution in [-0.4, -0.2) is 37.6 Å². The molecule has 2 nitrogen and oxygen atoms in total. The van der Waals surface area contributed by atoms with Crippen LogP contribution in [-0.2, 0) is 0 Å². The van der Waals surface area contributed by atoms with Crippen molar-refractivity contribution in [3.8, 4) is 0 Å². The number of benzene rings is 1. The number of nitrogens with one attached hydrogen (secondary N) is 1. The number of allylic oxidation sites excluding steroid dienone is 1. The molecule has 1 fully saturated rings. The zero-order valence-electron chi connectivity index (χ0n) is 15.7. The Balaban J connectivity index is 0.000000615. The van der Waals surface area contributed by atoms with Crippen molar-refractivity contribution in [2.24, 2.45) is 0 Å². The fourth-order valence-corrected chi connectivity index (χ4v) is 3.27. The van der Waals surface area contributed by atoms with Crippen LogP contribution in [0.4, 0.5) is 0 Å². The van der Waals surface area contributed by atoms with E-state index in [-0.39, 0.29) is 0 Å². The van der Waals surface area contributed by atoms with Crippen LogP contribution in [0.3, 0.4) is 0 Å². The Kier molecular flexibility index (Phi) is 10.7. The van der Waals surface area contributed by atoms with E-state index >= 15 is 0 Å². The Morgan fingerprint density at radius 1 is 0.870 bits per heavy atom. The van der Waals surface area contributed by atoms with E-state index in [2.05, 4.69) is 40.5 Å². The van der Waals surface area contributed by atoms with Crippen LogP contribution in [0.25, 0.3) is 5.57 Å². The Morgan fingerprint density at radius 3 is 2.13 bits per heavy atom. The molecule has 130 valence electrons. The van der Waals surface area contributed by atoms with E-state index in [4.69, 9.17) is 0 Å². The Bertz CT molecular complexity index is 430. The standard InChI is InChI=1S/C17H24N2.2C2H6/c1-2-6-15(7-3-1)17-9-5-4-8-16(17)14-19-12-10-18-11-13-19;2*1-2/h1-3,6-7,18H,4-5,8-14H2;2*1-2H3. The largest absolute Gasteiger partial charge is 0.314 e. The van der Waals surface area contributed by atoms with Crippen molar-refractivity contribution in [2.45, 2.75) is 53.4 Å². The molecule has 0 aromatic heterocycles. The average Bonchev–Trinajstić information content (AvgIpc) is 2.67. The van der Waals surface area contributed by atoms with E-state index in [1.807, 2.05) is 27.7 Å². The molecular formula is C21H36N2. The molecule has 0 radical (unpaired) electrons. The third kappa shape index (κ3) is 6.48. The van der Waals surface area contributed by atoms with E-state index in [0.29, 0.717) is 0 Å². The van der Waals surface area contributed by atoms with E-state index in [0.717, 1.165) is 13.1 Å². The Labute approximate surface area is 144 Å². The first-order valence-electron chi connectivity index (χ1n) is 9.63. The average molecular weight is 317 g/mol. The molecule has 0 unspecified atom stereocenters. The smallest absolute Gasteiger partial charge is 0.0200 e. The summed E-state index contributed by atoms with van der Waals surface area (Å²) in [5, 5.41) is 3.44. The summed E-state index contributed by atoms with van der Waals surface area (Å²) >= 11 is 0. The molecule has 3 rings (SSSR count). The molecule has 1 aromatic carbocycles. The monoisotopic (exact) mass is 316 g/mol. The maximum Gasteiger partial charge on any atom is 0.0200 e. The predicted octanol–water partition coefficient (Wildman–Crippen LogP) is 4.97. The fraction of sp³-hybridized carbons (Fsp3) is 0.619. The highest BCUT2D eigenvalue weighted by molar-refractivity contribution is 5.69. The topological polar surface area (TPSA) is 15.3 Å². The first-order valence-corrected chi connectivity index (χ1v) is 9.63. The second-order valence-corrected chi connectivity index (χ2v) is 5.68. The second-order valence-electron chi connectivity index (χ2n) is 5.68. The van der Waals surface area contributed by atoms with E-state index < -0.39 is 0 Å². The summed E-state index contributed by atoms with van der Waals surface area (Å²) < 4.78 is 0. The van der Waals surface area contributed by atoms with Gasteiger partial charge in [-0.3, -0.25) is 4.90 Å².